The molecule has 1 fully saturated rings. The van der Waals surface area contributed by atoms with Gasteiger partial charge in [0, 0.05) is 12.2 Å². The van der Waals surface area contributed by atoms with Gasteiger partial charge in [-0.25, -0.2) is 0 Å². The topological polar surface area (TPSA) is 94.4 Å². The van der Waals surface area contributed by atoms with Gasteiger partial charge in [-0.2, -0.15) is 4.98 Å². The first-order chi connectivity index (χ1) is 8.74. The van der Waals surface area contributed by atoms with E-state index in [-0.39, 0.29) is 17.5 Å². The van der Waals surface area contributed by atoms with E-state index >= 15 is 0 Å². The van der Waals surface area contributed by atoms with Crippen LogP contribution in [0, 0.1) is 0 Å². The molecule has 0 amide bonds. The predicted molar refractivity (Wildman–Crippen MR) is 63.7 cm³/mol. The third-order valence-corrected chi connectivity index (χ3v) is 2.93. The lowest BCUT2D eigenvalue weighted by Crippen LogP contribution is -1.97. The normalized spacial score (nSPS) is 19.2. The first kappa shape index (κ1) is 11.0. The number of benzene rings is 1. The Hall–Kier alpha value is -2.08. The zero-order valence-electron chi connectivity index (χ0n) is 9.67. The van der Waals surface area contributed by atoms with Crippen LogP contribution in [-0.4, -0.2) is 21.9 Å². The van der Waals surface area contributed by atoms with E-state index < -0.39 is 0 Å². The van der Waals surface area contributed by atoms with Gasteiger partial charge in [0.2, 0.25) is 5.82 Å². The van der Waals surface area contributed by atoms with Gasteiger partial charge in [-0.1, -0.05) is 5.16 Å². The number of nitrogens with zero attached hydrogens (tertiary/aromatic N) is 2. The summed E-state index contributed by atoms with van der Waals surface area (Å²) in [7, 11) is 0. The van der Waals surface area contributed by atoms with Gasteiger partial charge in [0.1, 0.15) is 11.9 Å². The number of hydrogen-bond donors (Lipinski definition) is 2. The van der Waals surface area contributed by atoms with Crippen molar-refractivity contribution in [2.24, 2.45) is 0 Å². The van der Waals surface area contributed by atoms with Crippen molar-refractivity contribution >= 4 is 5.69 Å². The van der Waals surface area contributed by atoms with Gasteiger partial charge in [0.15, 0.2) is 0 Å². The van der Waals surface area contributed by atoms with Crippen molar-refractivity contribution < 1.29 is 14.4 Å². The molecule has 1 aliphatic heterocycles. The van der Waals surface area contributed by atoms with Crippen LogP contribution in [0.25, 0.3) is 11.5 Å². The highest BCUT2D eigenvalue weighted by molar-refractivity contribution is 5.64. The SMILES string of the molecule is Nc1cc(-c2nc(C3CCCO3)no2)ccc1O. The average Bonchev–Trinajstić information content (AvgIpc) is 3.01. The summed E-state index contributed by atoms with van der Waals surface area (Å²) >= 11 is 0. The Morgan fingerprint density at radius 2 is 2.28 bits per heavy atom. The first-order valence-electron chi connectivity index (χ1n) is 5.78. The second kappa shape index (κ2) is 4.30. The van der Waals surface area contributed by atoms with Crippen LogP contribution in [0.5, 0.6) is 5.75 Å². The van der Waals surface area contributed by atoms with E-state index in [9.17, 15) is 5.11 Å². The van der Waals surface area contributed by atoms with Crippen LogP contribution in [0.1, 0.15) is 24.8 Å². The van der Waals surface area contributed by atoms with Crippen molar-refractivity contribution in [1.29, 1.82) is 0 Å². The Morgan fingerprint density at radius 1 is 1.39 bits per heavy atom. The number of nitrogen functional groups attached to an aromatic ring is 1. The summed E-state index contributed by atoms with van der Waals surface area (Å²) in [6.07, 6.45) is 1.86. The zero-order chi connectivity index (χ0) is 12.5. The third-order valence-electron chi connectivity index (χ3n) is 2.93. The van der Waals surface area contributed by atoms with Gasteiger partial charge >= 0.3 is 0 Å². The summed E-state index contributed by atoms with van der Waals surface area (Å²) in [6, 6.07) is 4.78. The maximum atomic E-state index is 9.36. The quantitative estimate of drug-likeness (QED) is 0.621. The van der Waals surface area contributed by atoms with E-state index in [4.69, 9.17) is 15.0 Å². The predicted octanol–water partition coefficient (Wildman–Crippen LogP) is 1.88. The molecule has 18 heavy (non-hydrogen) atoms. The number of phenolic OH excluding ortho intramolecular Hbond substituents is 1. The Morgan fingerprint density at radius 3 is 3.00 bits per heavy atom. The highest BCUT2D eigenvalue weighted by Gasteiger charge is 2.23. The number of ether oxygens (including phenoxy) is 1. The van der Waals surface area contributed by atoms with Crippen molar-refractivity contribution in [3.05, 3.63) is 24.0 Å². The largest absolute Gasteiger partial charge is 0.506 e. The fourth-order valence-corrected chi connectivity index (χ4v) is 1.95. The fourth-order valence-electron chi connectivity index (χ4n) is 1.95. The molecule has 6 heteroatoms. The van der Waals surface area contributed by atoms with Crippen LogP contribution in [0.3, 0.4) is 0 Å². The number of rotatable bonds is 2. The van der Waals surface area contributed by atoms with Gasteiger partial charge in [-0.3, -0.25) is 0 Å². The van der Waals surface area contributed by atoms with E-state index in [1.165, 1.54) is 6.07 Å². The van der Waals surface area contributed by atoms with Gasteiger partial charge in [0.25, 0.3) is 5.89 Å². The lowest BCUT2D eigenvalue weighted by molar-refractivity contribution is 0.103. The number of phenols is 1. The Bertz CT molecular complexity index is 561. The minimum atomic E-state index is -0.0723. The van der Waals surface area contributed by atoms with Crippen molar-refractivity contribution in [1.82, 2.24) is 10.1 Å². The molecule has 6 nitrogen and oxygen atoms in total. The highest BCUT2D eigenvalue weighted by Crippen LogP contribution is 2.30. The number of hydrogen-bond acceptors (Lipinski definition) is 6. The molecule has 1 aliphatic rings. The minimum Gasteiger partial charge on any atom is -0.506 e. The van der Waals surface area contributed by atoms with E-state index in [0.717, 1.165) is 19.4 Å². The van der Waals surface area contributed by atoms with E-state index in [1.54, 1.807) is 12.1 Å². The number of anilines is 1. The van der Waals surface area contributed by atoms with E-state index in [2.05, 4.69) is 10.1 Å². The maximum absolute atomic E-state index is 9.36. The molecule has 1 atom stereocenters. The molecule has 2 heterocycles. The van der Waals surface area contributed by atoms with Crippen LogP contribution in [0.4, 0.5) is 5.69 Å². The summed E-state index contributed by atoms with van der Waals surface area (Å²) < 4.78 is 10.7. The van der Waals surface area contributed by atoms with Gasteiger partial charge in [0.05, 0.1) is 5.69 Å². The molecule has 3 rings (SSSR count). The van der Waals surface area contributed by atoms with Crippen LogP contribution >= 0.6 is 0 Å². The molecule has 1 aromatic carbocycles. The van der Waals surface area contributed by atoms with Crippen molar-refractivity contribution in [3.63, 3.8) is 0 Å². The molecule has 3 N–H and O–H groups in total. The zero-order valence-corrected chi connectivity index (χ0v) is 9.67. The van der Waals surface area contributed by atoms with Gasteiger partial charge in [-0.15, -0.1) is 0 Å². The molecular weight excluding hydrogens is 234 g/mol. The van der Waals surface area contributed by atoms with Crippen LogP contribution in [0.15, 0.2) is 22.7 Å². The molecule has 2 aromatic rings. The highest BCUT2D eigenvalue weighted by atomic mass is 16.5. The Balaban J connectivity index is 1.89. The number of aromatic hydroxyl groups is 1. The molecule has 0 radical (unpaired) electrons. The fraction of sp³-hybridized carbons (Fsp3) is 0.333. The first-order valence-corrected chi connectivity index (χ1v) is 5.78. The Labute approximate surface area is 103 Å². The van der Waals surface area contributed by atoms with E-state index in [1.807, 2.05) is 0 Å². The molecule has 0 saturated carbocycles. The van der Waals surface area contributed by atoms with Crippen LogP contribution < -0.4 is 5.73 Å². The summed E-state index contributed by atoms with van der Waals surface area (Å²) in [4.78, 5) is 4.29. The molecule has 0 spiro atoms. The lowest BCUT2D eigenvalue weighted by Gasteiger charge is -2.01. The van der Waals surface area contributed by atoms with Gasteiger partial charge in [-0.05, 0) is 31.0 Å². The third kappa shape index (κ3) is 1.91. The Kier molecular flexibility index (Phi) is 2.64. The summed E-state index contributed by atoms with van der Waals surface area (Å²) in [5, 5.41) is 13.3. The van der Waals surface area contributed by atoms with Crippen molar-refractivity contribution in [2.45, 2.75) is 18.9 Å². The molecule has 0 aliphatic carbocycles. The van der Waals surface area contributed by atoms with Crippen LogP contribution in [-0.2, 0) is 4.74 Å². The maximum Gasteiger partial charge on any atom is 0.258 e. The smallest absolute Gasteiger partial charge is 0.258 e. The molecular formula is C12H13N3O3. The van der Waals surface area contributed by atoms with E-state index in [0.29, 0.717) is 17.3 Å². The molecule has 1 unspecified atom stereocenters. The molecule has 1 aromatic heterocycles. The van der Waals surface area contributed by atoms with Crippen molar-refractivity contribution in [2.75, 3.05) is 12.3 Å². The monoisotopic (exact) mass is 247 g/mol. The summed E-state index contributed by atoms with van der Waals surface area (Å²) in [5.74, 6) is 0.985. The second-order valence-electron chi connectivity index (χ2n) is 4.23. The molecule has 1 saturated heterocycles. The summed E-state index contributed by atoms with van der Waals surface area (Å²) in [6.45, 7) is 0.737. The number of nitrogens with two attached hydrogens (primary N) is 1. The van der Waals surface area contributed by atoms with Crippen molar-refractivity contribution in [3.8, 4) is 17.2 Å². The second-order valence-corrected chi connectivity index (χ2v) is 4.23. The minimum absolute atomic E-state index is 0.0395. The van der Waals surface area contributed by atoms with Crippen LogP contribution in [0.2, 0.25) is 0 Å². The number of aromatic nitrogens is 2. The standard InChI is InChI=1S/C12H13N3O3/c13-8-6-7(3-4-9(8)16)12-14-11(15-18-12)10-2-1-5-17-10/h3-4,6,10,16H,1-2,5,13H2. The summed E-state index contributed by atoms with van der Waals surface area (Å²) in [5.41, 5.74) is 6.59. The average molecular weight is 247 g/mol. The molecule has 0 bridgehead atoms. The molecule has 94 valence electrons. The lowest BCUT2D eigenvalue weighted by atomic mass is 10.2. The van der Waals surface area contributed by atoms with Gasteiger partial charge < -0.3 is 20.1 Å².